The smallest absolute Gasteiger partial charge is 0.241 e. The standard InChI is InChI=1S/C14H26N2O2/c1-12(2,3)16-11(17)14(15)9-7-6-8-18-10(9)13(14,4)5/h9-10H,6-8,15H2,1-5H3,(H,16,17). The predicted octanol–water partition coefficient (Wildman–Crippen LogP) is 1.43. The van der Waals surface area contributed by atoms with Gasteiger partial charge in [-0.15, -0.1) is 0 Å². The molecule has 0 radical (unpaired) electrons. The summed E-state index contributed by atoms with van der Waals surface area (Å²) in [7, 11) is 0. The molecule has 4 heteroatoms. The van der Waals surface area contributed by atoms with Gasteiger partial charge >= 0.3 is 0 Å². The highest BCUT2D eigenvalue weighted by atomic mass is 16.5. The average Bonchev–Trinajstić information content (AvgIpc) is 2.25. The molecule has 3 N–H and O–H groups in total. The maximum Gasteiger partial charge on any atom is 0.241 e. The van der Waals surface area contributed by atoms with Crippen molar-refractivity contribution in [2.24, 2.45) is 17.1 Å². The molecule has 104 valence electrons. The van der Waals surface area contributed by atoms with Crippen molar-refractivity contribution in [1.82, 2.24) is 5.32 Å². The highest BCUT2D eigenvalue weighted by Gasteiger charge is 2.70. The number of ether oxygens (including phenoxy) is 1. The number of nitrogens with two attached hydrogens (primary N) is 1. The van der Waals surface area contributed by atoms with Crippen LogP contribution in [0, 0.1) is 11.3 Å². The summed E-state index contributed by atoms with van der Waals surface area (Å²) in [6.45, 7) is 10.8. The zero-order chi connectivity index (χ0) is 13.8. The fraction of sp³-hybridized carbons (Fsp3) is 0.929. The number of carbonyl (C=O) groups excluding carboxylic acids is 1. The van der Waals surface area contributed by atoms with Crippen molar-refractivity contribution in [1.29, 1.82) is 0 Å². The van der Waals surface area contributed by atoms with Gasteiger partial charge in [-0.3, -0.25) is 4.79 Å². The maximum absolute atomic E-state index is 12.5. The molecule has 2 aliphatic rings. The van der Waals surface area contributed by atoms with Crippen LogP contribution in [0.1, 0.15) is 47.5 Å². The summed E-state index contributed by atoms with van der Waals surface area (Å²) >= 11 is 0. The molecule has 0 aromatic rings. The molecule has 3 atom stereocenters. The fourth-order valence-electron chi connectivity index (χ4n) is 3.48. The van der Waals surface area contributed by atoms with Crippen LogP contribution in [0.4, 0.5) is 0 Å². The van der Waals surface area contributed by atoms with E-state index in [1.165, 1.54) is 0 Å². The van der Waals surface area contributed by atoms with Gasteiger partial charge in [0.25, 0.3) is 0 Å². The van der Waals surface area contributed by atoms with Crippen molar-refractivity contribution < 1.29 is 9.53 Å². The first-order chi connectivity index (χ1) is 8.11. The van der Waals surface area contributed by atoms with E-state index in [2.05, 4.69) is 5.32 Å². The third-order valence-electron chi connectivity index (χ3n) is 4.55. The Hall–Kier alpha value is -0.610. The molecule has 0 spiro atoms. The van der Waals surface area contributed by atoms with Crippen LogP contribution in [-0.4, -0.2) is 29.7 Å². The van der Waals surface area contributed by atoms with E-state index in [0.717, 1.165) is 19.4 Å². The normalized spacial score (nSPS) is 38.6. The van der Waals surface area contributed by atoms with E-state index in [0.29, 0.717) is 0 Å². The Morgan fingerprint density at radius 3 is 2.56 bits per heavy atom. The Morgan fingerprint density at radius 1 is 1.39 bits per heavy atom. The van der Waals surface area contributed by atoms with Gasteiger partial charge in [-0.25, -0.2) is 0 Å². The number of amides is 1. The van der Waals surface area contributed by atoms with E-state index in [1.807, 2.05) is 34.6 Å². The molecule has 3 unspecified atom stereocenters. The first kappa shape index (κ1) is 13.8. The second-order valence-electron chi connectivity index (χ2n) is 7.33. The molecule has 2 rings (SSSR count). The molecular weight excluding hydrogens is 228 g/mol. The zero-order valence-corrected chi connectivity index (χ0v) is 12.2. The third kappa shape index (κ3) is 1.77. The quantitative estimate of drug-likeness (QED) is 0.744. The fourth-order valence-corrected chi connectivity index (χ4v) is 3.48. The lowest BCUT2D eigenvalue weighted by molar-refractivity contribution is -0.225. The Kier molecular flexibility index (Phi) is 3.02. The van der Waals surface area contributed by atoms with Gasteiger partial charge in [0.2, 0.25) is 5.91 Å². The van der Waals surface area contributed by atoms with Crippen molar-refractivity contribution in [3.05, 3.63) is 0 Å². The Balaban J connectivity index is 2.21. The van der Waals surface area contributed by atoms with Gasteiger partial charge in [0, 0.05) is 23.5 Å². The highest BCUT2D eigenvalue weighted by Crippen LogP contribution is 2.57. The van der Waals surface area contributed by atoms with Crippen molar-refractivity contribution in [3.63, 3.8) is 0 Å². The molecule has 4 nitrogen and oxygen atoms in total. The lowest BCUT2D eigenvalue weighted by atomic mass is 9.46. The van der Waals surface area contributed by atoms with Crippen LogP contribution in [0.5, 0.6) is 0 Å². The van der Waals surface area contributed by atoms with Crippen LogP contribution >= 0.6 is 0 Å². The van der Waals surface area contributed by atoms with Gasteiger partial charge in [0.1, 0.15) is 5.54 Å². The molecule has 1 aliphatic heterocycles. The van der Waals surface area contributed by atoms with E-state index >= 15 is 0 Å². The minimum absolute atomic E-state index is 0.0354. The van der Waals surface area contributed by atoms with Crippen molar-refractivity contribution in [3.8, 4) is 0 Å². The molecule has 0 bridgehead atoms. The van der Waals surface area contributed by atoms with Gasteiger partial charge in [0.15, 0.2) is 0 Å². The van der Waals surface area contributed by atoms with E-state index in [1.54, 1.807) is 0 Å². The lowest BCUT2D eigenvalue weighted by Gasteiger charge is -2.65. The number of hydrogen-bond acceptors (Lipinski definition) is 3. The van der Waals surface area contributed by atoms with E-state index in [9.17, 15) is 4.79 Å². The molecular formula is C14H26N2O2. The van der Waals surface area contributed by atoms with E-state index < -0.39 is 5.54 Å². The molecule has 18 heavy (non-hydrogen) atoms. The Labute approximate surface area is 110 Å². The average molecular weight is 254 g/mol. The molecule has 1 saturated heterocycles. The van der Waals surface area contributed by atoms with Crippen molar-refractivity contribution in [2.75, 3.05) is 6.61 Å². The van der Waals surface area contributed by atoms with E-state index in [-0.39, 0.29) is 28.9 Å². The minimum Gasteiger partial charge on any atom is -0.377 e. The van der Waals surface area contributed by atoms with Crippen LogP contribution in [0.25, 0.3) is 0 Å². The summed E-state index contributed by atoms with van der Waals surface area (Å²) in [6, 6.07) is 0. The molecule has 1 saturated carbocycles. The van der Waals surface area contributed by atoms with E-state index in [4.69, 9.17) is 10.5 Å². The van der Waals surface area contributed by atoms with Crippen LogP contribution < -0.4 is 11.1 Å². The van der Waals surface area contributed by atoms with Crippen LogP contribution in [0.15, 0.2) is 0 Å². The number of nitrogens with one attached hydrogen (secondary N) is 1. The number of carbonyl (C=O) groups is 1. The van der Waals surface area contributed by atoms with Gasteiger partial charge in [-0.05, 0) is 33.6 Å². The Morgan fingerprint density at radius 2 is 2.00 bits per heavy atom. The van der Waals surface area contributed by atoms with Crippen molar-refractivity contribution in [2.45, 2.75) is 64.6 Å². The zero-order valence-electron chi connectivity index (χ0n) is 12.2. The summed E-state index contributed by atoms with van der Waals surface area (Å²) in [5.74, 6) is 0.121. The van der Waals surface area contributed by atoms with Gasteiger partial charge in [0.05, 0.1) is 6.10 Å². The summed E-state index contributed by atoms with van der Waals surface area (Å²) in [4.78, 5) is 12.5. The first-order valence-corrected chi connectivity index (χ1v) is 6.84. The molecule has 0 aromatic carbocycles. The predicted molar refractivity (Wildman–Crippen MR) is 71.1 cm³/mol. The van der Waals surface area contributed by atoms with Crippen LogP contribution in [0.2, 0.25) is 0 Å². The Bertz CT molecular complexity index is 359. The van der Waals surface area contributed by atoms with Gasteiger partial charge < -0.3 is 15.8 Å². The van der Waals surface area contributed by atoms with Crippen LogP contribution in [-0.2, 0) is 9.53 Å². The summed E-state index contributed by atoms with van der Waals surface area (Å²) in [6.07, 6.45) is 2.11. The molecule has 1 heterocycles. The molecule has 0 aromatic heterocycles. The van der Waals surface area contributed by atoms with Gasteiger partial charge in [-0.2, -0.15) is 0 Å². The first-order valence-electron chi connectivity index (χ1n) is 6.84. The summed E-state index contributed by atoms with van der Waals surface area (Å²) in [5.41, 5.74) is 5.15. The van der Waals surface area contributed by atoms with Crippen LogP contribution in [0.3, 0.4) is 0 Å². The lowest BCUT2D eigenvalue weighted by Crippen LogP contribution is -2.83. The topological polar surface area (TPSA) is 64.4 Å². The second-order valence-corrected chi connectivity index (χ2v) is 7.33. The molecule has 1 amide bonds. The minimum atomic E-state index is -0.800. The SMILES string of the molecule is CC(C)(C)NC(=O)C1(N)C2CCCOC2C1(C)C. The monoisotopic (exact) mass is 254 g/mol. The maximum atomic E-state index is 12.5. The molecule has 2 fully saturated rings. The number of rotatable bonds is 1. The highest BCUT2D eigenvalue weighted by molar-refractivity contribution is 5.90. The molecule has 1 aliphatic carbocycles. The largest absolute Gasteiger partial charge is 0.377 e. The second kappa shape index (κ2) is 3.94. The summed E-state index contributed by atoms with van der Waals surface area (Å²) < 4.78 is 5.81. The number of hydrogen-bond donors (Lipinski definition) is 2. The third-order valence-corrected chi connectivity index (χ3v) is 4.55. The van der Waals surface area contributed by atoms with Crippen molar-refractivity contribution >= 4 is 5.91 Å². The number of fused-ring (bicyclic) bond motifs is 1. The summed E-state index contributed by atoms with van der Waals surface area (Å²) in [5, 5.41) is 3.03. The van der Waals surface area contributed by atoms with Gasteiger partial charge in [-0.1, -0.05) is 13.8 Å².